The summed E-state index contributed by atoms with van der Waals surface area (Å²) in [7, 11) is -3.16. The number of aryl methyl sites for hydroxylation is 1. The fourth-order valence-corrected chi connectivity index (χ4v) is 3.02. The Morgan fingerprint density at radius 2 is 1.92 bits per heavy atom. The molecule has 1 aromatic carbocycles. The third-order valence-corrected chi connectivity index (χ3v) is 5.25. The number of likely N-dealkylation sites (N-methyl/N-ethyl adjacent to an activating group) is 1. The Kier molecular flexibility index (Phi) is 10.0. The molecule has 0 fully saturated rings. The minimum absolute atomic E-state index is 0.0842. The van der Waals surface area contributed by atoms with Crippen LogP contribution in [0.4, 0.5) is 5.69 Å². The molecule has 3 N–H and O–H groups in total. The molecule has 0 aliphatic rings. The predicted octanol–water partition coefficient (Wildman–Crippen LogP) is 1.32. The molecule has 0 unspecified atom stereocenters. The second-order valence-corrected chi connectivity index (χ2v) is 8.00. The summed E-state index contributed by atoms with van der Waals surface area (Å²) in [5.74, 6) is 0.782. The standard InChI is InChI=1S/C18H33N5O2S/c1-5-19-18(20-11-12-22-26(24,25)7-3)21-13-14-23(6-2)17-10-8-9-16(4)15-17/h8-10,15,22H,5-7,11-14H2,1-4H3,(H2,19,20,21). The van der Waals surface area contributed by atoms with Crippen LogP contribution in [0.1, 0.15) is 26.3 Å². The summed E-state index contributed by atoms with van der Waals surface area (Å²) in [6, 6.07) is 8.47. The van der Waals surface area contributed by atoms with Crippen molar-refractivity contribution in [3.05, 3.63) is 29.8 Å². The van der Waals surface area contributed by atoms with Crippen LogP contribution in [0.25, 0.3) is 0 Å². The molecule has 1 aromatic rings. The van der Waals surface area contributed by atoms with Crippen molar-refractivity contribution in [1.29, 1.82) is 0 Å². The summed E-state index contributed by atoms with van der Waals surface area (Å²) in [5.41, 5.74) is 2.46. The van der Waals surface area contributed by atoms with Crippen LogP contribution in [0, 0.1) is 6.92 Å². The van der Waals surface area contributed by atoms with Gasteiger partial charge in [0.25, 0.3) is 0 Å². The number of nitrogens with one attached hydrogen (secondary N) is 3. The maximum Gasteiger partial charge on any atom is 0.211 e. The van der Waals surface area contributed by atoms with E-state index in [1.807, 2.05) is 6.92 Å². The van der Waals surface area contributed by atoms with Crippen LogP contribution in [0.2, 0.25) is 0 Å². The van der Waals surface area contributed by atoms with Gasteiger partial charge in [-0.25, -0.2) is 13.1 Å². The van der Waals surface area contributed by atoms with Crippen molar-refractivity contribution >= 4 is 21.7 Å². The van der Waals surface area contributed by atoms with Crippen LogP contribution in [0.5, 0.6) is 0 Å². The van der Waals surface area contributed by atoms with Crippen LogP contribution in [-0.2, 0) is 10.0 Å². The Morgan fingerprint density at radius 1 is 1.15 bits per heavy atom. The molecule has 0 spiro atoms. The van der Waals surface area contributed by atoms with Gasteiger partial charge in [0.2, 0.25) is 10.0 Å². The molecule has 0 heterocycles. The van der Waals surface area contributed by atoms with Gasteiger partial charge < -0.3 is 15.5 Å². The fourth-order valence-electron chi connectivity index (χ4n) is 2.42. The van der Waals surface area contributed by atoms with Crippen LogP contribution in [-0.4, -0.2) is 59.4 Å². The second kappa shape index (κ2) is 11.7. The van der Waals surface area contributed by atoms with E-state index in [9.17, 15) is 8.42 Å². The Hall–Kier alpha value is -1.80. The Bertz CT molecular complexity index is 661. The van der Waals surface area contributed by atoms with E-state index in [2.05, 4.69) is 63.4 Å². The number of benzene rings is 1. The van der Waals surface area contributed by atoms with Crippen molar-refractivity contribution < 1.29 is 8.42 Å². The molecule has 8 heteroatoms. The summed E-state index contributed by atoms with van der Waals surface area (Å²) in [6.45, 7) is 11.8. The molecule has 0 atom stereocenters. The van der Waals surface area contributed by atoms with Crippen LogP contribution in [0.3, 0.4) is 0 Å². The van der Waals surface area contributed by atoms with Gasteiger partial charge in [0, 0.05) is 38.4 Å². The van der Waals surface area contributed by atoms with Gasteiger partial charge in [-0.05, 0) is 45.4 Å². The van der Waals surface area contributed by atoms with Gasteiger partial charge in [-0.3, -0.25) is 4.99 Å². The van der Waals surface area contributed by atoms with Gasteiger partial charge >= 0.3 is 0 Å². The van der Waals surface area contributed by atoms with E-state index >= 15 is 0 Å². The highest BCUT2D eigenvalue weighted by Gasteiger charge is 2.06. The van der Waals surface area contributed by atoms with E-state index < -0.39 is 10.0 Å². The molecule has 0 saturated heterocycles. The second-order valence-electron chi connectivity index (χ2n) is 5.90. The normalized spacial score (nSPS) is 12.1. The molecule has 26 heavy (non-hydrogen) atoms. The number of nitrogens with zero attached hydrogens (tertiary/aromatic N) is 2. The molecular formula is C18H33N5O2S. The molecule has 0 saturated carbocycles. The van der Waals surface area contributed by atoms with E-state index in [0.29, 0.717) is 19.0 Å². The zero-order chi connectivity index (χ0) is 19.4. The quantitative estimate of drug-likeness (QED) is 0.305. The van der Waals surface area contributed by atoms with E-state index in [1.165, 1.54) is 11.3 Å². The third-order valence-electron chi connectivity index (χ3n) is 3.85. The lowest BCUT2D eigenvalue weighted by Gasteiger charge is -2.24. The Balaban J connectivity index is 2.50. The topological polar surface area (TPSA) is 85.8 Å². The van der Waals surface area contributed by atoms with Crippen LogP contribution in [0.15, 0.2) is 29.3 Å². The molecule has 0 aromatic heterocycles. The lowest BCUT2D eigenvalue weighted by atomic mass is 10.2. The average molecular weight is 384 g/mol. The number of rotatable bonds is 11. The van der Waals surface area contributed by atoms with Gasteiger partial charge in [-0.15, -0.1) is 0 Å². The van der Waals surface area contributed by atoms with Crippen molar-refractivity contribution in [2.45, 2.75) is 27.7 Å². The summed E-state index contributed by atoms with van der Waals surface area (Å²) in [4.78, 5) is 6.71. The maximum atomic E-state index is 11.4. The lowest BCUT2D eigenvalue weighted by molar-refractivity contribution is 0.583. The molecule has 0 bridgehead atoms. The van der Waals surface area contributed by atoms with Crippen LogP contribution < -0.4 is 20.3 Å². The van der Waals surface area contributed by atoms with Crippen molar-refractivity contribution in [3.8, 4) is 0 Å². The molecule has 0 radical (unpaired) electrons. The SMILES string of the molecule is CCNC(=NCCNS(=O)(=O)CC)NCCN(CC)c1cccc(C)c1. The number of hydrogen-bond acceptors (Lipinski definition) is 4. The summed E-state index contributed by atoms with van der Waals surface area (Å²) in [6.07, 6.45) is 0. The fraction of sp³-hybridized carbons (Fsp3) is 0.611. The van der Waals surface area contributed by atoms with Gasteiger partial charge in [0.1, 0.15) is 0 Å². The third kappa shape index (κ3) is 8.53. The number of hydrogen-bond donors (Lipinski definition) is 3. The molecule has 0 aliphatic heterocycles. The first-order valence-electron chi connectivity index (χ1n) is 9.23. The van der Waals surface area contributed by atoms with Crippen molar-refractivity contribution in [2.75, 3.05) is 49.9 Å². The van der Waals surface area contributed by atoms with Crippen molar-refractivity contribution in [2.24, 2.45) is 4.99 Å². The van der Waals surface area contributed by atoms with Crippen molar-refractivity contribution in [1.82, 2.24) is 15.4 Å². The first-order chi connectivity index (χ1) is 12.4. The molecular weight excluding hydrogens is 350 g/mol. The van der Waals surface area contributed by atoms with Gasteiger partial charge in [-0.2, -0.15) is 0 Å². The highest BCUT2D eigenvalue weighted by Crippen LogP contribution is 2.14. The van der Waals surface area contributed by atoms with E-state index in [0.717, 1.165) is 26.2 Å². The van der Waals surface area contributed by atoms with E-state index in [4.69, 9.17) is 0 Å². The van der Waals surface area contributed by atoms with Gasteiger partial charge in [0.05, 0.1) is 12.3 Å². The minimum Gasteiger partial charge on any atom is -0.370 e. The smallest absolute Gasteiger partial charge is 0.211 e. The zero-order valence-electron chi connectivity index (χ0n) is 16.4. The number of guanidine groups is 1. The van der Waals surface area contributed by atoms with E-state index in [-0.39, 0.29) is 5.75 Å². The molecule has 7 nitrogen and oxygen atoms in total. The highest BCUT2D eigenvalue weighted by atomic mass is 32.2. The lowest BCUT2D eigenvalue weighted by Crippen LogP contribution is -2.42. The molecule has 0 amide bonds. The van der Waals surface area contributed by atoms with Crippen molar-refractivity contribution in [3.63, 3.8) is 0 Å². The highest BCUT2D eigenvalue weighted by molar-refractivity contribution is 7.89. The maximum absolute atomic E-state index is 11.4. The Labute approximate surface area is 158 Å². The summed E-state index contributed by atoms with van der Waals surface area (Å²) >= 11 is 0. The Morgan fingerprint density at radius 3 is 2.54 bits per heavy atom. The van der Waals surface area contributed by atoms with Gasteiger partial charge in [-0.1, -0.05) is 12.1 Å². The molecule has 1 rings (SSSR count). The predicted molar refractivity (Wildman–Crippen MR) is 111 cm³/mol. The minimum atomic E-state index is -3.16. The average Bonchev–Trinajstić information content (AvgIpc) is 2.62. The first kappa shape index (κ1) is 22.2. The number of aliphatic imine (C=N–C) groups is 1. The number of sulfonamides is 1. The molecule has 0 aliphatic carbocycles. The number of anilines is 1. The largest absolute Gasteiger partial charge is 0.370 e. The monoisotopic (exact) mass is 383 g/mol. The van der Waals surface area contributed by atoms with E-state index in [1.54, 1.807) is 6.92 Å². The zero-order valence-corrected chi connectivity index (χ0v) is 17.2. The summed E-state index contributed by atoms with van der Waals surface area (Å²) < 4.78 is 25.3. The van der Waals surface area contributed by atoms with Gasteiger partial charge in [0.15, 0.2) is 5.96 Å². The molecule has 148 valence electrons. The first-order valence-corrected chi connectivity index (χ1v) is 10.9. The summed E-state index contributed by atoms with van der Waals surface area (Å²) in [5, 5.41) is 6.48. The van der Waals surface area contributed by atoms with Crippen LogP contribution >= 0.6 is 0 Å².